The van der Waals surface area contributed by atoms with Crippen molar-refractivity contribution >= 4 is 6.03 Å². The Labute approximate surface area is 85.2 Å². The summed E-state index contributed by atoms with van der Waals surface area (Å²) in [5, 5.41) is 2.95. The van der Waals surface area contributed by atoms with Crippen molar-refractivity contribution in [2.75, 3.05) is 33.7 Å². The van der Waals surface area contributed by atoms with E-state index in [0.717, 1.165) is 26.1 Å². The number of likely N-dealkylation sites (tertiary alicyclic amines) is 1. The summed E-state index contributed by atoms with van der Waals surface area (Å²) in [6.45, 7) is 5.24. The van der Waals surface area contributed by atoms with Gasteiger partial charge in [0.15, 0.2) is 0 Å². The standard InChI is InChI=1S/C10H19N3O/c1-10-6-11-9(14)13(3)8(10)4-5-12(2)7-10/h8H,4-7H2,1-3H3,(H,11,14). The fourth-order valence-corrected chi connectivity index (χ4v) is 2.87. The Balaban J connectivity index is 2.19. The number of piperidine rings is 1. The zero-order valence-electron chi connectivity index (χ0n) is 9.21. The predicted molar refractivity (Wildman–Crippen MR) is 55.2 cm³/mol. The maximum Gasteiger partial charge on any atom is 0.317 e. The molecule has 4 heteroatoms. The van der Waals surface area contributed by atoms with Crippen molar-refractivity contribution < 1.29 is 4.79 Å². The topological polar surface area (TPSA) is 35.6 Å². The molecule has 4 nitrogen and oxygen atoms in total. The molecule has 0 bridgehead atoms. The van der Waals surface area contributed by atoms with Crippen LogP contribution in [0.15, 0.2) is 0 Å². The molecule has 0 aromatic carbocycles. The van der Waals surface area contributed by atoms with Crippen LogP contribution in [0.2, 0.25) is 0 Å². The largest absolute Gasteiger partial charge is 0.337 e. The first-order chi connectivity index (χ1) is 6.53. The highest BCUT2D eigenvalue weighted by Gasteiger charge is 2.45. The van der Waals surface area contributed by atoms with Crippen LogP contribution >= 0.6 is 0 Å². The highest BCUT2D eigenvalue weighted by Crippen LogP contribution is 2.34. The summed E-state index contributed by atoms with van der Waals surface area (Å²) in [5.41, 5.74) is 0.218. The Morgan fingerprint density at radius 1 is 1.50 bits per heavy atom. The minimum atomic E-state index is 0.0806. The summed E-state index contributed by atoms with van der Waals surface area (Å²) in [6.07, 6.45) is 1.09. The second-order valence-corrected chi connectivity index (χ2v) is 4.97. The summed E-state index contributed by atoms with van der Waals surface area (Å²) in [6, 6.07) is 0.490. The molecule has 2 fully saturated rings. The van der Waals surface area contributed by atoms with E-state index in [1.165, 1.54) is 0 Å². The summed E-state index contributed by atoms with van der Waals surface area (Å²) < 4.78 is 0. The van der Waals surface area contributed by atoms with Crippen LogP contribution < -0.4 is 5.32 Å². The number of carbonyl (C=O) groups is 1. The van der Waals surface area contributed by atoms with E-state index in [-0.39, 0.29) is 11.4 Å². The number of amides is 2. The summed E-state index contributed by atoms with van der Waals surface area (Å²) >= 11 is 0. The lowest BCUT2D eigenvalue weighted by Gasteiger charge is -2.51. The van der Waals surface area contributed by atoms with Crippen LogP contribution in [0.3, 0.4) is 0 Å². The lowest BCUT2D eigenvalue weighted by molar-refractivity contribution is 0.0140. The van der Waals surface area contributed by atoms with Gasteiger partial charge in [-0.1, -0.05) is 6.92 Å². The highest BCUT2D eigenvalue weighted by molar-refractivity contribution is 5.75. The van der Waals surface area contributed by atoms with Crippen molar-refractivity contribution in [2.45, 2.75) is 19.4 Å². The van der Waals surface area contributed by atoms with Crippen molar-refractivity contribution in [3.05, 3.63) is 0 Å². The van der Waals surface area contributed by atoms with Gasteiger partial charge in [0.2, 0.25) is 0 Å². The van der Waals surface area contributed by atoms with Crippen LogP contribution in [0.25, 0.3) is 0 Å². The van der Waals surface area contributed by atoms with Gasteiger partial charge in [0, 0.05) is 31.6 Å². The second kappa shape index (κ2) is 3.12. The van der Waals surface area contributed by atoms with E-state index >= 15 is 0 Å². The molecule has 0 aliphatic carbocycles. The van der Waals surface area contributed by atoms with E-state index in [0.29, 0.717) is 6.04 Å². The van der Waals surface area contributed by atoms with E-state index in [9.17, 15) is 4.79 Å². The van der Waals surface area contributed by atoms with Gasteiger partial charge in [0.25, 0.3) is 0 Å². The third-order valence-corrected chi connectivity index (χ3v) is 3.65. The average molecular weight is 197 g/mol. The van der Waals surface area contributed by atoms with E-state index in [1.54, 1.807) is 0 Å². The Kier molecular flexibility index (Phi) is 2.18. The minimum absolute atomic E-state index is 0.0806. The molecule has 0 aromatic heterocycles. The molecule has 2 unspecified atom stereocenters. The number of nitrogens with one attached hydrogen (secondary N) is 1. The van der Waals surface area contributed by atoms with E-state index in [4.69, 9.17) is 0 Å². The van der Waals surface area contributed by atoms with E-state index in [2.05, 4.69) is 24.2 Å². The molecule has 2 amide bonds. The van der Waals surface area contributed by atoms with Crippen molar-refractivity contribution in [3.8, 4) is 0 Å². The number of carbonyl (C=O) groups excluding carboxylic acids is 1. The monoisotopic (exact) mass is 197 g/mol. The second-order valence-electron chi connectivity index (χ2n) is 4.97. The predicted octanol–water partition coefficient (Wildman–Crippen LogP) is 0.352. The molecule has 80 valence electrons. The summed E-state index contributed by atoms with van der Waals surface area (Å²) in [5.74, 6) is 0. The van der Waals surface area contributed by atoms with Gasteiger partial charge in [-0.15, -0.1) is 0 Å². The lowest BCUT2D eigenvalue weighted by Crippen LogP contribution is -2.66. The molecule has 2 aliphatic rings. The van der Waals surface area contributed by atoms with Crippen molar-refractivity contribution in [1.82, 2.24) is 15.1 Å². The van der Waals surface area contributed by atoms with Gasteiger partial charge in [-0.3, -0.25) is 0 Å². The molecule has 0 spiro atoms. The van der Waals surface area contributed by atoms with E-state index < -0.39 is 0 Å². The van der Waals surface area contributed by atoms with Crippen LogP contribution in [-0.4, -0.2) is 55.6 Å². The van der Waals surface area contributed by atoms with Crippen molar-refractivity contribution in [3.63, 3.8) is 0 Å². The molecule has 2 atom stereocenters. The van der Waals surface area contributed by atoms with E-state index in [1.807, 2.05) is 11.9 Å². The Morgan fingerprint density at radius 3 is 2.93 bits per heavy atom. The quantitative estimate of drug-likeness (QED) is 0.608. The van der Waals surface area contributed by atoms with Gasteiger partial charge in [-0.05, 0) is 20.0 Å². The molecule has 0 radical (unpaired) electrons. The molecule has 2 aliphatic heterocycles. The third kappa shape index (κ3) is 1.38. The number of hydrogen-bond donors (Lipinski definition) is 1. The maximum absolute atomic E-state index is 11.5. The van der Waals surface area contributed by atoms with Crippen LogP contribution in [0.4, 0.5) is 4.79 Å². The first-order valence-corrected chi connectivity index (χ1v) is 5.22. The minimum Gasteiger partial charge on any atom is -0.337 e. The maximum atomic E-state index is 11.5. The third-order valence-electron chi connectivity index (χ3n) is 3.65. The zero-order valence-corrected chi connectivity index (χ0v) is 9.21. The van der Waals surface area contributed by atoms with Gasteiger partial charge >= 0.3 is 6.03 Å². The normalized spacial score (nSPS) is 39.2. The van der Waals surface area contributed by atoms with Gasteiger partial charge in [0.05, 0.1) is 0 Å². The Bertz CT molecular complexity index is 256. The van der Waals surface area contributed by atoms with Gasteiger partial charge in [-0.25, -0.2) is 4.79 Å². The Morgan fingerprint density at radius 2 is 2.21 bits per heavy atom. The number of rotatable bonds is 0. The van der Waals surface area contributed by atoms with Gasteiger partial charge in [-0.2, -0.15) is 0 Å². The molecule has 0 aromatic rings. The number of urea groups is 1. The number of fused-ring (bicyclic) bond motifs is 1. The van der Waals surface area contributed by atoms with Gasteiger partial charge in [0.1, 0.15) is 0 Å². The van der Waals surface area contributed by atoms with Crippen LogP contribution in [0, 0.1) is 5.41 Å². The van der Waals surface area contributed by atoms with Crippen LogP contribution in [0.5, 0.6) is 0 Å². The van der Waals surface area contributed by atoms with Crippen molar-refractivity contribution in [2.24, 2.45) is 5.41 Å². The molecule has 1 N–H and O–H groups in total. The average Bonchev–Trinajstić information content (AvgIpc) is 2.12. The first kappa shape index (κ1) is 9.77. The fourth-order valence-electron chi connectivity index (χ4n) is 2.87. The SMILES string of the molecule is CN1CCC2N(C)C(=O)NCC2(C)C1. The fraction of sp³-hybridized carbons (Fsp3) is 0.900. The molecular weight excluding hydrogens is 178 g/mol. The molecule has 14 heavy (non-hydrogen) atoms. The smallest absolute Gasteiger partial charge is 0.317 e. The Hall–Kier alpha value is -0.770. The molecular formula is C10H19N3O. The molecule has 2 heterocycles. The van der Waals surface area contributed by atoms with Crippen molar-refractivity contribution in [1.29, 1.82) is 0 Å². The summed E-state index contributed by atoms with van der Waals surface area (Å²) in [4.78, 5) is 15.7. The lowest BCUT2D eigenvalue weighted by atomic mass is 9.75. The highest BCUT2D eigenvalue weighted by atomic mass is 16.2. The number of nitrogens with zero attached hydrogens (tertiary/aromatic N) is 2. The molecule has 2 rings (SSSR count). The first-order valence-electron chi connectivity index (χ1n) is 5.22. The summed E-state index contributed by atoms with van der Waals surface area (Å²) in [7, 11) is 4.06. The zero-order chi connectivity index (χ0) is 10.3. The molecule has 2 saturated heterocycles. The number of hydrogen-bond acceptors (Lipinski definition) is 2. The van der Waals surface area contributed by atoms with Crippen LogP contribution in [-0.2, 0) is 0 Å². The van der Waals surface area contributed by atoms with Gasteiger partial charge < -0.3 is 15.1 Å². The van der Waals surface area contributed by atoms with Crippen LogP contribution in [0.1, 0.15) is 13.3 Å². The molecule has 0 saturated carbocycles.